The highest BCUT2D eigenvalue weighted by Crippen LogP contribution is 2.17. The molecule has 1 atom stereocenters. The van der Waals surface area contributed by atoms with E-state index < -0.39 is 0 Å². The van der Waals surface area contributed by atoms with E-state index in [9.17, 15) is 5.11 Å². The van der Waals surface area contributed by atoms with Gasteiger partial charge in [-0.3, -0.25) is 0 Å². The molecule has 1 N–H and O–H groups in total. The first kappa shape index (κ1) is 11.9. The van der Waals surface area contributed by atoms with Gasteiger partial charge in [0.25, 0.3) is 0 Å². The van der Waals surface area contributed by atoms with Crippen LogP contribution in [0.3, 0.4) is 0 Å². The van der Waals surface area contributed by atoms with Gasteiger partial charge in [0.2, 0.25) is 0 Å². The van der Waals surface area contributed by atoms with E-state index in [4.69, 9.17) is 11.6 Å². The van der Waals surface area contributed by atoms with Crippen LogP contribution in [0.15, 0.2) is 18.2 Å². The second-order valence-corrected chi connectivity index (χ2v) is 4.71. The maximum absolute atomic E-state index is 9.61. The van der Waals surface area contributed by atoms with Gasteiger partial charge in [-0.2, -0.15) is 11.8 Å². The van der Waals surface area contributed by atoms with Crippen molar-refractivity contribution in [3.05, 3.63) is 34.3 Å². The number of aryl methyl sites for hydroxylation is 1. The lowest BCUT2D eigenvalue weighted by Gasteiger charge is -2.09. The molecule has 1 aromatic carbocycles. The Labute approximate surface area is 94.5 Å². The molecular weight excluding hydrogens is 216 g/mol. The van der Waals surface area contributed by atoms with E-state index in [1.165, 1.54) is 0 Å². The van der Waals surface area contributed by atoms with Gasteiger partial charge in [0.15, 0.2) is 0 Å². The highest BCUT2D eigenvalue weighted by Gasteiger charge is 2.05. The lowest BCUT2D eigenvalue weighted by atomic mass is 10.1. The molecule has 0 amide bonds. The first-order valence-corrected chi connectivity index (χ1v) is 6.32. The zero-order valence-electron chi connectivity index (χ0n) is 8.46. The molecule has 1 nitrogen and oxygen atoms in total. The molecule has 0 saturated heterocycles. The van der Waals surface area contributed by atoms with Crippen LogP contribution in [0.5, 0.6) is 0 Å². The molecule has 0 bridgehead atoms. The summed E-state index contributed by atoms with van der Waals surface area (Å²) in [6.45, 7) is 1.98. The van der Waals surface area contributed by atoms with Crippen molar-refractivity contribution >= 4 is 23.4 Å². The number of hydrogen-bond acceptors (Lipinski definition) is 2. The summed E-state index contributed by atoms with van der Waals surface area (Å²) in [6, 6.07) is 5.89. The molecule has 78 valence electrons. The predicted molar refractivity (Wildman–Crippen MR) is 64.3 cm³/mol. The fourth-order valence-electron chi connectivity index (χ4n) is 1.36. The fraction of sp³-hybridized carbons (Fsp3) is 0.455. The molecule has 0 fully saturated rings. The van der Waals surface area contributed by atoms with Gasteiger partial charge in [0.05, 0.1) is 6.10 Å². The van der Waals surface area contributed by atoms with Gasteiger partial charge in [0, 0.05) is 10.8 Å². The number of aliphatic hydroxyl groups excluding tert-OH is 1. The molecule has 3 heteroatoms. The molecule has 0 saturated carbocycles. The number of aliphatic hydroxyl groups is 1. The van der Waals surface area contributed by atoms with Crippen LogP contribution in [0.4, 0.5) is 0 Å². The van der Waals surface area contributed by atoms with E-state index in [-0.39, 0.29) is 6.10 Å². The van der Waals surface area contributed by atoms with Crippen molar-refractivity contribution in [2.24, 2.45) is 0 Å². The minimum absolute atomic E-state index is 0.259. The molecule has 0 aliphatic carbocycles. The van der Waals surface area contributed by atoms with Crippen molar-refractivity contribution < 1.29 is 5.11 Å². The maximum atomic E-state index is 9.61. The summed E-state index contributed by atoms with van der Waals surface area (Å²) in [5, 5.41) is 10.4. The molecule has 1 rings (SSSR count). The maximum Gasteiger partial charge on any atom is 0.0670 e. The molecule has 14 heavy (non-hydrogen) atoms. The third kappa shape index (κ3) is 3.52. The minimum Gasteiger partial charge on any atom is -0.392 e. The topological polar surface area (TPSA) is 20.2 Å². The summed E-state index contributed by atoms with van der Waals surface area (Å²) in [7, 11) is 0. The fourth-order valence-corrected chi connectivity index (χ4v) is 1.98. The monoisotopic (exact) mass is 230 g/mol. The average Bonchev–Trinajstić information content (AvgIpc) is 2.12. The Kier molecular flexibility index (Phi) is 4.79. The van der Waals surface area contributed by atoms with E-state index in [0.717, 1.165) is 21.9 Å². The second kappa shape index (κ2) is 5.64. The van der Waals surface area contributed by atoms with Crippen LogP contribution >= 0.6 is 23.4 Å². The van der Waals surface area contributed by atoms with Crippen molar-refractivity contribution in [3.8, 4) is 0 Å². The highest BCUT2D eigenvalue weighted by molar-refractivity contribution is 7.98. The normalized spacial score (nSPS) is 12.9. The molecule has 1 aromatic rings. The van der Waals surface area contributed by atoms with Crippen LogP contribution in [-0.2, 0) is 6.42 Å². The number of thioether (sulfide) groups is 1. The van der Waals surface area contributed by atoms with Gasteiger partial charge in [-0.15, -0.1) is 0 Å². The van der Waals surface area contributed by atoms with Crippen molar-refractivity contribution in [2.45, 2.75) is 19.4 Å². The van der Waals surface area contributed by atoms with E-state index in [2.05, 4.69) is 0 Å². The summed E-state index contributed by atoms with van der Waals surface area (Å²) < 4.78 is 0. The van der Waals surface area contributed by atoms with Crippen molar-refractivity contribution in [2.75, 3.05) is 12.0 Å². The molecule has 0 aromatic heterocycles. The summed E-state index contributed by atoms with van der Waals surface area (Å²) in [6.07, 6.45) is 2.44. The van der Waals surface area contributed by atoms with Crippen molar-refractivity contribution in [3.63, 3.8) is 0 Å². The Morgan fingerprint density at radius 3 is 2.79 bits per heavy atom. The van der Waals surface area contributed by atoms with Gasteiger partial charge < -0.3 is 5.11 Å². The van der Waals surface area contributed by atoms with Gasteiger partial charge in [0.1, 0.15) is 0 Å². The van der Waals surface area contributed by atoms with Crippen LogP contribution in [-0.4, -0.2) is 23.2 Å². The molecule has 1 unspecified atom stereocenters. The van der Waals surface area contributed by atoms with Crippen LogP contribution in [0, 0.1) is 6.92 Å². The van der Waals surface area contributed by atoms with Crippen LogP contribution in [0.1, 0.15) is 11.1 Å². The SMILES string of the molecule is CSCC(O)Cc1ccc(Cl)c(C)c1. The van der Waals surface area contributed by atoms with E-state index in [1.807, 2.05) is 31.4 Å². The standard InChI is InChI=1S/C11H15ClOS/c1-8-5-9(3-4-11(8)12)6-10(13)7-14-2/h3-5,10,13H,6-7H2,1-2H3. The minimum atomic E-state index is -0.259. The Balaban J connectivity index is 2.63. The predicted octanol–water partition coefficient (Wildman–Crippen LogP) is 2.91. The first-order chi connectivity index (χ1) is 6.63. The smallest absolute Gasteiger partial charge is 0.0670 e. The Morgan fingerprint density at radius 2 is 2.21 bits per heavy atom. The molecule has 0 heterocycles. The second-order valence-electron chi connectivity index (χ2n) is 3.40. The van der Waals surface area contributed by atoms with Crippen LogP contribution in [0.25, 0.3) is 0 Å². The Morgan fingerprint density at radius 1 is 1.50 bits per heavy atom. The number of benzene rings is 1. The summed E-state index contributed by atoms with van der Waals surface area (Å²) in [5.74, 6) is 0.779. The van der Waals surface area contributed by atoms with Crippen LogP contribution < -0.4 is 0 Å². The third-order valence-electron chi connectivity index (χ3n) is 2.05. The van der Waals surface area contributed by atoms with E-state index in [1.54, 1.807) is 11.8 Å². The molecule has 0 aliphatic heterocycles. The zero-order chi connectivity index (χ0) is 10.6. The van der Waals surface area contributed by atoms with Crippen molar-refractivity contribution in [1.29, 1.82) is 0 Å². The highest BCUT2D eigenvalue weighted by atomic mass is 35.5. The Bertz CT molecular complexity index is 301. The molecular formula is C11H15ClOS. The summed E-state index contributed by atoms with van der Waals surface area (Å²) in [4.78, 5) is 0. The molecule has 0 spiro atoms. The van der Waals surface area contributed by atoms with Gasteiger partial charge >= 0.3 is 0 Å². The number of hydrogen-bond donors (Lipinski definition) is 1. The van der Waals surface area contributed by atoms with Crippen molar-refractivity contribution in [1.82, 2.24) is 0 Å². The lowest BCUT2D eigenvalue weighted by Crippen LogP contribution is -2.13. The summed E-state index contributed by atoms with van der Waals surface area (Å²) in [5.41, 5.74) is 2.22. The van der Waals surface area contributed by atoms with Gasteiger partial charge in [-0.05, 0) is 36.8 Å². The molecule has 0 radical (unpaired) electrons. The van der Waals surface area contributed by atoms with Gasteiger partial charge in [-0.1, -0.05) is 23.7 Å². The van der Waals surface area contributed by atoms with E-state index >= 15 is 0 Å². The average molecular weight is 231 g/mol. The third-order valence-corrected chi connectivity index (χ3v) is 3.19. The molecule has 0 aliphatic rings. The summed E-state index contributed by atoms with van der Waals surface area (Å²) >= 11 is 7.57. The zero-order valence-corrected chi connectivity index (χ0v) is 10.0. The quantitative estimate of drug-likeness (QED) is 0.859. The number of rotatable bonds is 4. The first-order valence-electron chi connectivity index (χ1n) is 4.55. The number of halogens is 1. The largest absolute Gasteiger partial charge is 0.392 e. The van der Waals surface area contributed by atoms with E-state index in [0.29, 0.717) is 6.42 Å². The lowest BCUT2D eigenvalue weighted by molar-refractivity contribution is 0.200. The van der Waals surface area contributed by atoms with Crippen LogP contribution in [0.2, 0.25) is 5.02 Å². The van der Waals surface area contributed by atoms with Gasteiger partial charge in [-0.25, -0.2) is 0 Å². The Hall–Kier alpha value is -0.180.